The van der Waals surface area contributed by atoms with Crippen LogP contribution >= 0.6 is 23.4 Å². The second-order valence-corrected chi connectivity index (χ2v) is 6.12. The van der Waals surface area contributed by atoms with E-state index in [0.717, 1.165) is 29.4 Å². The molecule has 4 heteroatoms. The Labute approximate surface area is 128 Å². The van der Waals surface area contributed by atoms with Gasteiger partial charge in [0.2, 0.25) is 0 Å². The number of hydrogen-bond donors (Lipinski definition) is 1. The fourth-order valence-corrected chi connectivity index (χ4v) is 3.02. The first-order chi connectivity index (χ1) is 9.74. The largest absolute Gasteiger partial charge is 0.488 e. The number of halogens is 1. The number of benzene rings is 2. The third kappa shape index (κ3) is 3.05. The van der Waals surface area contributed by atoms with E-state index < -0.39 is 0 Å². The van der Waals surface area contributed by atoms with Crippen LogP contribution in [0.4, 0.5) is 5.69 Å². The summed E-state index contributed by atoms with van der Waals surface area (Å²) in [6.07, 6.45) is 3.16. The fraction of sp³-hybridized carbons (Fsp3) is 0.250. The molecule has 3 rings (SSSR count). The lowest BCUT2D eigenvalue weighted by atomic mass is 10.1. The zero-order chi connectivity index (χ0) is 13.9. The number of thioether (sulfide) groups is 1. The number of anilines is 1. The van der Waals surface area contributed by atoms with Crippen LogP contribution < -0.4 is 10.1 Å². The number of nitrogens with one attached hydrogen (secondary N) is 1. The lowest BCUT2D eigenvalue weighted by Gasteiger charge is -2.13. The molecule has 0 radical (unpaired) electrons. The summed E-state index contributed by atoms with van der Waals surface area (Å²) in [6.45, 7) is 0.796. The topological polar surface area (TPSA) is 21.3 Å². The third-order valence-electron chi connectivity index (χ3n) is 3.37. The molecule has 104 valence electrons. The summed E-state index contributed by atoms with van der Waals surface area (Å²) in [4.78, 5) is 1.26. The maximum Gasteiger partial charge on any atom is 0.123 e. The zero-order valence-corrected chi connectivity index (χ0v) is 12.8. The van der Waals surface area contributed by atoms with E-state index in [1.54, 1.807) is 11.8 Å². The normalized spacial score (nSPS) is 16.6. The van der Waals surface area contributed by atoms with Crippen molar-refractivity contribution < 1.29 is 4.74 Å². The minimum atomic E-state index is 0.168. The predicted molar refractivity (Wildman–Crippen MR) is 86.3 cm³/mol. The zero-order valence-electron chi connectivity index (χ0n) is 11.2. The lowest BCUT2D eigenvalue weighted by Crippen LogP contribution is -2.23. The van der Waals surface area contributed by atoms with Crippen molar-refractivity contribution in [3.63, 3.8) is 0 Å². The Morgan fingerprint density at radius 3 is 3.05 bits per heavy atom. The lowest BCUT2D eigenvalue weighted by molar-refractivity contribution is 0.246. The summed E-state index contributed by atoms with van der Waals surface area (Å²) in [5, 5.41) is 4.21. The maximum absolute atomic E-state index is 6.00. The first-order valence-corrected chi connectivity index (χ1v) is 8.18. The smallest absolute Gasteiger partial charge is 0.123 e. The maximum atomic E-state index is 6.00. The van der Waals surface area contributed by atoms with Crippen molar-refractivity contribution in [1.29, 1.82) is 0 Å². The second-order valence-electron chi connectivity index (χ2n) is 4.81. The Hall–Kier alpha value is -1.32. The quantitative estimate of drug-likeness (QED) is 0.842. The molecule has 2 nitrogen and oxygen atoms in total. The van der Waals surface area contributed by atoms with Gasteiger partial charge in [-0.05, 0) is 48.2 Å². The molecule has 20 heavy (non-hydrogen) atoms. The van der Waals surface area contributed by atoms with Gasteiger partial charge in [-0.25, -0.2) is 0 Å². The molecule has 1 unspecified atom stereocenters. The number of ether oxygens (including phenoxy) is 1. The first-order valence-electron chi connectivity index (χ1n) is 6.57. The van der Waals surface area contributed by atoms with Gasteiger partial charge in [0.1, 0.15) is 11.9 Å². The van der Waals surface area contributed by atoms with Gasteiger partial charge in [-0.2, -0.15) is 0 Å². The van der Waals surface area contributed by atoms with Crippen LogP contribution in [0.2, 0.25) is 5.02 Å². The van der Waals surface area contributed by atoms with E-state index in [1.165, 1.54) is 10.5 Å². The van der Waals surface area contributed by atoms with Crippen molar-refractivity contribution in [2.45, 2.75) is 17.4 Å². The highest BCUT2D eigenvalue weighted by molar-refractivity contribution is 7.98. The molecule has 0 saturated carbocycles. The molecule has 1 atom stereocenters. The van der Waals surface area contributed by atoms with Crippen molar-refractivity contribution >= 4 is 29.1 Å². The molecule has 0 bridgehead atoms. The highest BCUT2D eigenvalue weighted by atomic mass is 35.5. The number of rotatable bonds is 4. The average molecular weight is 306 g/mol. The van der Waals surface area contributed by atoms with Gasteiger partial charge in [0.15, 0.2) is 0 Å². The van der Waals surface area contributed by atoms with Crippen molar-refractivity contribution in [2.75, 3.05) is 18.1 Å². The van der Waals surface area contributed by atoms with E-state index in [4.69, 9.17) is 16.3 Å². The van der Waals surface area contributed by atoms with Gasteiger partial charge >= 0.3 is 0 Å². The highest BCUT2D eigenvalue weighted by Gasteiger charge is 2.22. The fourth-order valence-electron chi connectivity index (χ4n) is 2.37. The molecule has 0 amide bonds. The van der Waals surface area contributed by atoms with Crippen molar-refractivity contribution in [3.05, 3.63) is 53.1 Å². The summed E-state index contributed by atoms with van der Waals surface area (Å²) in [5.74, 6) is 0.957. The Bertz CT molecular complexity index is 617. The van der Waals surface area contributed by atoms with Gasteiger partial charge in [0, 0.05) is 22.0 Å². The van der Waals surface area contributed by atoms with Crippen LogP contribution in [-0.4, -0.2) is 18.9 Å². The van der Waals surface area contributed by atoms with E-state index in [1.807, 2.05) is 18.2 Å². The molecule has 0 spiro atoms. The molecule has 2 aromatic carbocycles. The van der Waals surface area contributed by atoms with Gasteiger partial charge in [-0.15, -0.1) is 11.8 Å². The predicted octanol–water partition coefficient (Wildman–Crippen LogP) is 4.48. The number of fused-ring (bicyclic) bond motifs is 1. The summed E-state index contributed by atoms with van der Waals surface area (Å²) >= 11 is 7.75. The molecule has 2 aromatic rings. The van der Waals surface area contributed by atoms with Crippen LogP contribution in [0, 0.1) is 0 Å². The molecular weight excluding hydrogens is 290 g/mol. The van der Waals surface area contributed by atoms with Gasteiger partial charge in [0.05, 0.1) is 6.54 Å². The van der Waals surface area contributed by atoms with Crippen molar-refractivity contribution in [3.8, 4) is 5.75 Å². The highest BCUT2D eigenvalue weighted by Crippen LogP contribution is 2.31. The van der Waals surface area contributed by atoms with Gasteiger partial charge in [-0.3, -0.25) is 0 Å². The van der Waals surface area contributed by atoms with Crippen LogP contribution in [0.25, 0.3) is 0 Å². The Kier molecular flexibility index (Phi) is 4.08. The van der Waals surface area contributed by atoms with E-state index in [2.05, 4.69) is 35.8 Å². The van der Waals surface area contributed by atoms with E-state index >= 15 is 0 Å². The van der Waals surface area contributed by atoms with Crippen molar-refractivity contribution in [1.82, 2.24) is 0 Å². The van der Waals surface area contributed by atoms with E-state index in [-0.39, 0.29) is 6.10 Å². The monoisotopic (exact) mass is 305 g/mol. The Morgan fingerprint density at radius 1 is 1.30 bits per heavy atom. The van der Waals surface area contributed by atoms with Gasteiger partial charge < -0.3 is 10.1 Å². The van der Waals surface area contributed by atoms with Crippen molar-refractivity contribution in [2.24, 2.45) is 0 Å². The molecule has 1 heterocycles. The summed E-state index contributed by atoms with van der Waals surface area (Å²) in [5.41, 5.74) is 2.33. The molecule has 1 aliphatic rings. The van der Waals surface area contributed by atoms with E-state index in [0.29, 0.717) is 0 Å². The Balaban J connectivity index is 1.60. The minimum absolute atomic E-state index is 0.168. The molecule has 1 aliphatic heterocycles. The van der Waals surface area contributed by atoms with Crippen LogP contribution in [0.3, 0.4) is 0 Å². The van der Waals surface area contributed by atoms with Crippen LogP contribution in [-0.2, 0) is 6.42 Å². The SMILES string of the molecule is CSc1cccc(NCC2Cc3cc(Cl)ccc3O2)c1. The summed E-state index contributed by atoms with van der Waals surface area (Å²) in [7, 11) is 0. The summed E-state index contributed by atoms with van der Waals surface area (Å²) < 4.78 is 5.91. The molecule has 1 N–H and O–H groups in total. The third-order valence-corrected chi connectivity index (χ3v) is 4.33. The van der Waals surface area contributed by atoms with Crippen LogP contribution in [0.5, 0.6) is 5.75 Å². The average Bonchev–Trinajstić information content (AvgIpc) is 2.87. The minimum Gasteiger partial charge on any atom is -0.488 e. The summed E-state index contributed by atoms with van der Waals surface area (Å²) in [6, 6.07) is 14.2. The van der Waals surface area contributed by atoms with Gasteiger partial charge in [-0.1, -0.05) is 17.7 Å². The van der Waals surface area contributed by atoms with E-state index in [9.17, 15) is 0 Å². The number of hydrogen-bond acceptors (Lipinski definition) is 3. The molecule has 0 aromatic heterocycles. The van der Waals surface area contributed by atoms with Crippen LogP contribution in [0.1, 0.15) is 5.56 Å². The Morgan fingerprint density at radius 2 is 2.20 bits per heavy atom. The first kappa shape index (κ1) is 13.7. The van der Waals surface area contributed by atoms with Crippen LogP contribution in [0.15, 0.2) is 47.4 Å². The second kappa shape index (κ2) is 5.98. The molecule has 0 fully saturated rings. The van der Waals surface area contributed by atoms with Gasteiger partial charge in [0.25, 0.3) is 0 Å². The standard InChI is InChI=1S/C16H16ClNOS/c1-20-15-4-2-3-13(9-15)18-10-14-8-11-7-12(17)5-6-16(11)19-14/h2-7,9,14,18H,8,10H2,1H3. The molecule has 0 saturated heterocycles. The molecular formula is C16H16ClNOS. The molecule has 0 aliphatic carbocycles.